The molecule has 0 unspecified atom stereocenters. The van der Waals surface area contributed by atoms with E-state index in [0.717, 1.165) is 29.7 Å². The Morgan fingerprint density at radius 1 is 1.00 bits per heavy atom. The maximum absolute atomic E-state index is 13.2. The molecule has 0 heterocycles. The normalized spacial score (nSPS) is 11.6. The van der Waals surface area contributed by atoms with Gasteiger partial charge in [0.25, 0.3) is 0 Å². The van der Waals surface area contributed by atoms with Crippen LogP contribution in [-0.4, -0.2) is 43.0 Å². The van der Waals surface area contributed by atoms with E-state index in [1.54, 1.807) is 12.0 Å². The van der Waals surface area contributed by atoms with Crippen molar-refractivity contribution in [1.82, 2.24) is 10.2 Å². The number of hydrogen-bond acceptors (Lipinski definition) is 3. The molecule has 2 rings (SSSR count). The molecule has 0 bridgehead atoms. The Morgan fingerprint density at radius 3 is 2.30 bits per heavy atom. The molecule has 1 N–H and O–H groups in total. The number of carbonyl (C=O) groups is 2. The Hall–Kier alpha value is -2.82. The van der Waals surface area contributed by atoms with E-state index in [1.165, 1.54) is 0 Å². The van der Waals surface area contributed by atoms with Crippen LogP contribution >= 0.6 is 0 Å². The predicted octanol–water partition coefficient (Wildman–Crippen LogP) is 4.00. The standard InChI is InChI=1S/C25H34N2O3/c1-4-6-17-26-25(29)23(5-2)27(18-16-20-10-8-7-9-11-20)24(28)19-21-12-14-22(30-3)15-13-21/h7-15,23H,4-6,16-19H2,1-3H3,(H,26,29)/t23-/m1/s1. The highest BCUT2D eigenvalue weighted by molar-refractivity contribution is 5.88. The average Bonchev–Trinajstić information content (AvgIpc) is 2.77. The van der Waals surface area contributed by atoms with Gasteiger partial charge in [0.05, 0.1) is 13.5 Å². The van der Waals surface area contributed by atoms with Crippen LogP contribution in [0.5, 0.6) is 5.75 Å². The monoisotopic (exact) mass is 410 g/mol. The SMILES string of the molecule is CCCCNC(=O)[C@@H](CC)N(CCc1ccccc1)C(=O)Cc1ccc(OC)cc1. The van der Waals surface area contributed by atoms with Crippen molar-refractivity contribution in [1.29, 1.82) is 0 Å². The first-order valence-corrected chi connectivity index (χ1v) is 10.8. The lowest BCUT2D eigenvalue weighted by Crippen LogP contribution is -2.50. The van der Waals surface area contributed by atoms with E-state index in [-0.39, 0.29) is 18.2 Å². The summed E-state index contributed by atoms with van der Waals surface area (Å²) >= 11 is 0. The number of rotatable bonds is 12. The minimum atomic E-state index is -0.462. The maximum atomic E-state index is 13.2. The second kappa shape index (κ2) is 12.7. The zero-order valence-electron chi connectivity index (χ0n) is 18.4. The first-order valence-electron chi connectivity index (χ1n) is 10.8. The third-order valence-corrected chi connectivity index (χ3v) is 5.21. The molecule has 5 heteroatoms. The predicted molar refractivity (Wildman–Crippen MR) is 121 cm³/mol. The maximum Gasteiger partial charge on any atom is 0.242 e. The van der Waals surface area contributed by atoms with Gasteiger partial charge in [-0.25, -0.2) is 0 Å². The molecule has 0 aromatic heterocycles. The summed E-state index contributed by atoms with van der Waals surface area (Å²) in [5.74, 6) is 0.657. The molecule has 0 saturated carbocycles. The molecule has 0 aliphatic rings. The van der Waals surface area contributed by atoms with Gasteiger partial charge in [0.1, 0.15) is 11.8 Å². The summed E-state index contributed by atoms with van der Waals surface area (Å²) < 4.78 is 5.19. The molecule has 0 aliphatic heterocycles. The molecule has 0 aliphatic carbocycles. The van der Waals surface area contributed by atoms with Gasteiger partial charge in [0.2, 0.25) is 11.8 Å². The highest BCUT2D eigenvalue weighted by Gasteiger charge is 2.28. The molecule has 1 atom stereocenters. The van der Waals surface area contributed by atoms with Crippen molar-refractivity contribution in [3.05, 3.63) is 65.7 Å². The molecule has 0 spiro atoms. The van der Waals surface area contributed by atoms with Crippen LogP contribution in [0.4, 0.5) is 0 Å². The summed E-state index contributed by atoms with van der Waals surface area (Å²) in [7, 11) is 1.62. The number of benzene rings is 2. The van der Waals surface area contributed by atoms with Gasteiger partial charge in [-0.3, -0.25) is 9.59 Å². The molecule has 2 aromatic carbocycles. The molecule has 2 amide bonds. The Balaban J connectivity index is 2.14. The second-order valence-corrected chi connectivity index (χ2v) is 7.42. The van der Waals surface area contributed by atoms with Crippen LogP contribution in [0, 0.1) is 0 Å². The number of nitrogens with one attached hydrogen (secondary N) is 1. The van der Waals surface area contributed by atoms with E-state index in [1.807, 2.05) is 49.4 Å². The van der Waals surface area contributed by atoms with Gasteiger partial charge in [-0.1, -0.05) is 62.7 Å². The summed E-state index contributed by atoms with van der Waals surface area (Å²) in [5, 5.41) is 3.00. The van der Waals surface area contributed by atoms with Crippen molar-refractivity contribution in [2.24, 2.45) is 0 Å². The molecular weight excluding hydrogens is 376 g/mol. The third kappa shape index (κ3) is 7.21. The lowest BCUT2D eigenvalue weighted by atomic mass is 10.1. The molecule has 0 radical (unpaired) electrons. The van der Waals surface area contributed by atoms with Crippen LogP contribution in [0.1, 0.15) is 44.2 Å². The van der Waals surface area contributed by atoms with Crippen LogP contribution in [0.3, 0.4) is 0 Å². The molecule has 30 heavy (non-hydrogen) atoms. The van der Waals surface area contributed by atoms with Gasteiger partial charge in [0, 0.05) is 13.1 Å². The van der Waals surface area contributed by atoms with E-state index in [9.17, 15) is 9.59 Å². The highest BCUT2D eigenvalue weighted by atomic mass is 16.5. The van der Waals surface area contributed by atoms with Gasteiger partial charge in [-0.2, -0.15) is 0 Å². The van der Waals surface area contributed by atoms with Crippen molar-refractivity contribution in [2.45, 2.75) is 52.0 Å². The van der Waals surface area contributed by atoms with Gasteiger partial charge < -0.3 is 15.0 Å². The van der Waals surface area contributed by atoms with E-state index in [0.29, 0.717) is 25.9 Å². The fraction of sp³-hybridized carbons (Fsp3) is 0.440. The van der Waals surface area contributed by atoms with Crippen molar-refractivity contribution >= 4 is 11.8 Å². The minimum absolute atomic E-state index is 0.0337. The smallest absolute Gasteiger partial charge is 0.242 e. The molecule has 0 fully saturated rings. The quantitative estimate of drug-likeness (QED) is 0.538. The molecule has 2 aromatic rings. The summed E-state index contributed by atoms with van der Waals surface area (Å²) in [5.41, 5.74) is 2.06. The van der Waals surface area contributed by atoms with E-state index in [4.69, 9.17) is 4.74 Å². The Kier molecular flexibility index (Phi) is 9.92. The van der Waals surface area contributed by atoms with Gasteiger partial charge >= 0.3 is 0 Å². The van der Waals surface area contributed by atoms with Crippen LogP contribution in [-0.2, 0) is 22.4 Å². The second-order valence-electron chi connectivity index (χ2n) is 7.42. The molecule has 0 saturated heterocycles. The summed E-state index contributed by atoms with van der Waals surface area (Å²) in [6, 6.07) is 17.1. The fourth-order valence-electron chi connectivity index (χ4n) is 3.42. The van der Waals surface area contributed by atoms with Crippen LogP contribution in [0.25, 0.3) is 0 Å². The van der Waals surface area contributed by atoms with Gasteiger partial charge in [-0.05, 0) is 42.5 Å². The first kappa shape index (κ1) is 23.5. The minimum Gasteiger partial charge on any atom is -0.497 e. The van der Waals surface area contributed by atoms with Crippen LogP contribution in [0.2, 0.25) is 0 Å². The summed E-state index contributed by atoms with van der Waals surface area (Å²) in [4.78, 5) is 27.8. The lowest BCUT2D eigenvalue weighted by molar-refractivity contribution is -0.140. The number of amides is 2. The van der Waals surface area contributed by atoms with E-state index < -0.39 is 6.04 Å². The zero-order chi connectivity index (χ0) is 21.8. The fourth-order valence-corrected chi connectivity index (χ4v) is 3.42. The zero-order valence-corrected chi connectivity index (χ0v) is 18.4. The Bertz CT molecular complexity index is 775. The highest BCUT2D eigenvalue weighted by Crippen LogP contribution is 2.15. The number of hydrogen-bond donors (Lipinski definition) is 1. The van der Waals surface area contributed by atoms with E-state index in [2.05, 4.69) is 24.4 Å². The van der Waals surface area contributed by atoms with Gasteiger partial charge in [-0.15, -0.1) is 0 Å². The van der Waals surface area contributed by atoms with Crippen LogP contribution < -0.4 is 10.1 Å². The average molecular weight is 411 g/mol. The molecule has 5 nitrogen and oxygen atoms in total. The number of unbranched alkanes of at least 4 members (excludes halogenated alkanes) is 1. The Morgan fingerprint density at radius 2 is 1.70 bits per heavy atom. The van der Waals surface area contributed by atoms with Crippen molar-refractivity contribution < 1.29 is 14.3 Å². The van der Waals surface area contributed by atoms with Crippen molar-refractivity contribution in [3.8, 4) is 5.75 Å². The topological polar surface area (TPSA) is 58.6 Å². The van der Waals surface area contributed by atoms with Crippen LogP contribution in [0.15, 0.2) is 54.6 Å². The summed E-state index contributed by atoms with van der Waals surface area (Å²) in [6.07, 6.45) is 3.52. The lowest BCUT2D eigenvalue weighted by Gasteiger charge is -2.31. The Labute approximate surface area is 180 Å². The largest absolute Gasteiger partial charge is 0.497 e. The number of carbonyl (C=O) groups excluding carboxylic acids is 2. The number of ether oxygens (including phenoxy) is 1. The van der Waals surface area contributed by atoms with Gasteiger partial charge in [0.15, 0.2) is 0 Å². The number of methoxy groups -OCH3 is 1. The van der Waals surface area contributed by atoms with Crippen molar-refractivity contribution in [2.75, 3.05) is 20.2 Å². The molecular formula is C25H34N2O3. The van der Waals surface area contributed by atoms with Crippen molar-refractivity contribution in [3.63, 3.8) is 0 Å². The molecule has 162 valence electrons. The summed E-state index contributed by atoms with van der Waals surface area (Å²) in [6.45, 7) is 5.21. The van der Waals surface area contributed by atoms with E-state index >= 15 is 0 Å². The number of nitrogens with zero attached hydrogens (tertiary/aromatic N) is 1. The first-order chi connectivity index (χ1) is 14.6. The third-order valence-electron chi connectivity index (χ3n) is 5.21.